The third kappa shape index (κ3) is 4.55. The van der Waals surface area contributed by atoms with E-state index >= 15 is 0 Å². The molecule has 3 heteroatoms. The van der Waals surface area contributed by atoms with Crippen molar-refractivity contribution in [1.29, 1.82) is 0 Å². The van der Waals surface area contributed by atoms with Gasteiger partial charge >= 0.3 is 0 Å². The fraction of sp³-hybridized carbons (Fsp3) is 0.400. The van der Waals surface area contributed by atoms with Gasteiger partial charge in [-0.2, -0.15) is 0 Å². The van der Waals surface area contributed by atoms with Crippen LogP contribution in [0.4, 0.5) is 0 Å². The Bertz CT molecular complexity index is 632. The van der Waals surface area contributed by atoms with E-state index in [0.29, 0.717) is 6.10 Å². The molecule has 0 N–H and O–H groups in total. The molecule has 1 aliphatic rings. The van der Waals surface area contributed by atoms with Crippen LogP contribution in [0.5, 0.6) is 0 Å². The van der Waals surface area contributed by atoms with Crippen molar-refractivity contribution in [3.05, 3.63) is 68.8 Å². The van der Waals surface area contributed by atoms with Crippen molar-refractivity contribution in [3.8, 4) is 0 Å². The molecule has 0 amide bonds. The van der Waals surface area contributed by atoms with Gasteiger partial charge in [-0.1, -0.05) is 42.0 Å². The highest BCUT2D eigenvalue weighted by Gasteiger charge is 2.23. The van der Waals surface area contributed by atoms with Crippen LogP contribution in [-0.4, -0.2) is 31.1 Å². The molecule has 23 heavy (non-hydrogen) atoms. The standard InChI is InChI=1S/C20H24INO/c1-15-6-8-16(9-7-15)20(17-4-3-5-18(21)14-17)23-19-10-12-22(2)13-11-19/h3-9,14,19-20H,10-13H2,1-2H3. The van der Waals surface area contributed by atoms with Gasteiger partial charge in [-0.15, -0.1) is 0 Å². The fourth-order valence-electron chi connectivity index (χ4n) is 3.07. The number of aryl methyl sites for hydroxylation is 1. The summed E-state index contributed by atoms with van der Waals surface area (Å²) in [7, 11) is 2.19. The van der Waals surface area contributed by atoms with E-state index in [1.54, 1.807) is 0 Å². The molecule has 1 unspecified atom stereocenters. The van der Waals surface area contributed by atoms with Crippen LogP contribution in [0.2, 0.25) is 0 Å². The first-order valence-corrected chi connectivity index (χ1v) is 9.36. The molecule has 0 radical (unpaired) electrons. The van der Waals surface area contributed by atoms with Crippen molar-refractivity contribution in [3.63, 3.8) is 0 Å². The molecule has 0 aliphatic carbocycles. The summed E-state index contributed by atoms with van der Waals surface area (Å²) < 4.78 is 7.83. The van der Waals surface area contributed by atoms with E-state index in [4.69, 9.17) is 4.74 Å². The summed E-state index contributed by atoms with van der Waals surface area (Å²) in [5.74, 6) is 0. The molecule has 122 valence electrons. The van der Waals surface area contributed by atoms with Crippen molar-refractivity contribution in [2.45, 2.75) is 32.0 Å². The van der Waals surface area contributed by atoms with Crippen LogP contribution in [0.15, 0.2) is 48.5 Å². The van der Waals surface area contributed by atoms with Gasteiger partial charge in [0.25, 0.3) is 0 Å². The molecule has 1 saturated heterocycles. The molecule has 2 nitrogen and oxygen atoms in total. The van der Waals surface area contributed by atoms with Gasteiger partial charge in [0.2, 0.25) is 0 Å². The number of likely N-dealkylation sites (tertiary alicyclic amines) is 1. The molecule has 3 rings (SSSR count). The minimum Gasteiger partial charge on any atom is -0.365 e. The van der Waals surface area contributed by atoms with Crippen LogP contribution in [0, 0.1) is 10.5 Å². The second-order valence-electron chi connectivity index (χ2n) is 6.48. The third-order valence-corrected chi connectivity index (χ3v) is 5.20. The zero-order chi connectivity index (χ0) is 16.2. The Morgan fingerprint density at radius 3 is 2.39 bits per heavy atom. The Morgan fingerprint density at radius 2 is 1.74 bits per heavy atom. The summed E-state index contributed by atoms with van der Waals surface area (Å²) in [6.07, 6.45) is 2.60. The maximum atomic E-state index is 6.58. The van der Waals surface area contributed by atoms with Gasteiger partial charge in [-0.25, -0.2) is 0 Å². The average molecular weight is 421 g/mol. The van der Waals surface area contributed by atoms with E-state index in [0.717, 1.165) is 25.9 Å². The van der Waals surface area contributed by atoms with Gasteiger partial charge < -0.3 is 9.64 Å². The predicted molar refractivity (Wildman–Crippen MR) is 104 cm³/mol. The Morgan fingerprint density at radius 1 is 1.04 bits per heavy atom. The zero-order valence-corrected chi connectivity index (χ0v) is 16.0. The Labute approximate surface area is 153 Å². The second kappa shape index (κ2) is 7.77. The molecule has 0 saturated carbocycles. The van der Waals surface area contributed by atoms with E-state index in [9.17, 15) is 0 Å². The molecule has 1 heterocycles. The summed E-state index contributed by atoms with van der Waals surface area (Å²) in [4.78, 5) is 2.38. The monoisotopic (exact) mass is 421 g/mol. The van der Waals surface area contributed by atoms with Gasteiger partial charge in [0.15, 0.2) is 0 Å². The van der Waals surface area contributed by atoms with Crippen LogP contribution in [-0.2, 0) is 4.74 Å². The highest BCUT2D eigenvalue weighted by atomic mass is 127. The van der Waals surface area contributed by atoms with Gasteiger partial charge in [-0.05, 0) is 72.7 Å². The van der Waals surface area contributed by atoms with Crippen molar-refractivity contribution in [2.24, 2.45) is 0 Å². The van der Waals surface area contributed by atoms with Crippen LogP contribution in [0.3, 0.4) is 0 Å². The normalized spacial score (nSPS) is 18.0. The van der Waals surface area contributed by atoms with E-state index in [1.165, 1.54) is 20.3 Å². The lowest BCUT2D eigenvalue weighted by molar-refractivity contribution is -0.0234. The fourth-order valence-corrected chi connectivity index (χ4v) is 3.64. The summed E-state index contributed by atoms with van der Waals surface area (Å²) >= 11 is 2.37. The number of benzene rings is 2. The molecule has 0 spiro atoms. The van der Waals surface area contributed by atoms with Crippen molar-refractivity contribution >= 4 is 22.6 Å². The Hall–Kier alpha value is -0.910. The van der Waals surface area contributed by atoms with Gasteiger partial charge in [0, 0.05) is 16.7 Å². The minimum absolute atomic E-state index is 0.0266. The topological polar surface area (TPSA) is 12.5 Å². The highest BCUT2D eigenvalue weighted by Crippen LogP contribution is 2.31. The predicted octanol–water partition coefficient (Wildman–Crippen LogP) is 4.80. The molecule has 1 fully saturated rings. The SMILES string of the molecule is Cc1ccc(C(OC2CCN(C)CC2)c2cccc(I)c2)cc1. The van der Waals surface area contributed by atoms with Crippen molar-refractivity contribution in [1.82, 2.24) is 4.90 Å². The Balaban J connectivity index is 1.85. The molecule has 2 aromatic carbocycles. The number of halogens is 1. The maximum absolute atomic E-state index is 6.58. The molecular weight excluding hydrogens is 397 g/mol. The molecule has 0 bridgehead atoms. The number of piperidine rings is 1. The minimum atomic E-state index is 0.0266. The lowest BCUT2D eigenvalue weighted by Gasteiger charge is -2.32. The summed E-state index contributed by atoms with van der Waals surface area (Å²) in [5.41, 5.74) is 3.78. The molecule has 1 aliphatic heterocycles. The van der Waals surface area contributed by atoms with Crippen LogP contribution < -0.4 is 0 Å². The lowest BCUT2D eigenvalue weighted by Crippen LogP contribution is -2.35. The Kier molecular flexibility index (Phi) is 5.72. The summed E-state index contributed by atoms with van der Waals surface area (Å²) in [5, 5.41) is 0. The van der Waals surface area contributed by atoms with Gasteiger partial charge in [-0.3, -0.25) is 0 Å². The average Bonchev–Trinajstić information content (AvgIpc) is 2.55. The molecule has 1 atom stereocenters. The van der Waals surface area contributed by atoms with E-state index < -0.39 is 0 Å². The van der Waals surface area contributed by atoms with E-state index in [2.05, 4.69) is 90.0 Å². The quantitative estimate of drug-likeness (QED) is 0.658. The number of rotatable bonds is 4. The smallest absolute Gasteiger partial charge is 0.108 e. The van der Waals surface area contributed by atoms with Gasteiger partial charge in [0.1, 0.15) is 6.10 Å². The van der Waals surface area contributed by atoms with Crippen LogP contribution in [0.25, 0.3) is 0 Å². The van der Waals surface area contributed by atoms with E-state index in [1.807, 2.05) is 0 Å². The zero-order valence-electron chi connectivity index (χ0n) is 13.8. The first-order chi connectivity index (χ1) is 11.1. The second-order valence-corrected chi connectivity index (χ2v) is 7.73. The lowest BCUT2D eigenvalue weighted by atomic mass is 9.99. The number of hydrogen-bond acceptors (Lipinski definition) is 2. The first-order valence-electron chi connectivity index (χ1n) is 8.28. The summed E-state index contributed by atoms with van der Waals surface area (Å²) in [6.45, 7) is 4.37. The van der Waals surface area contributed by atoms with Gasteiger partial charge in [0.05, 0.1) is 6.10 Å². The molecule has 2 aromatic rings. The molecule has 0 aromatic heterocycles. The van der Waals surface area contributed by atoms with Crippen molar-refractivity contribution in [2.75, 3.05) is 20.1 Å². The number of nitrogens with zero attached hydrogens (tertiary/aromatic N) is 1. The van der Waals surface area contributed by atoms with Crippen molar-refractivity contribution < 1.29 is 4.74 Å². The third-order valence-electron chi connectivity index (χ3n) is 4.53. The van der Waals surface area contributed by atoms with E-state index in [-0.39, 0.29) is 6.10 Å². The first kappa shape index (κ1) is 16.9. The summed E-state index contributed by atoms with van der Waals surface area (Å²) in [6, 6.07) is 17.4. The van der Waals surface area contributed by atoms with Crippen LogP contribution >= 0.6 is 22.6 Å². The maximum Gasteiger partial charge on any atom is 0.108 e. The largest absolute Gasteiger partial charge is 0.365 e. The number of ether oxygens (including phenoxy) is 1. The van der Waals surface area contributed by atoms with Crippen LogP contribution in [0.1, 0.15) is 35.6 Å². The molecular formula is C20H24INO. The highest BCUT2D eigenvalue weighted by molar-refractivity contribution is 14.1. The number of hydrogen-bond donors (Lipinski definition) is 0.